The standard InChI is InChI=1S/C13H14F3NO5/c14-7-2-9(16)8(15)1-6(7)11-10(17-12(19)20)3-13(21,4-18)5-22-11/h1-2,10-11,17-18,21H,3-5H2,(H,19,20)/t10-,11-,13?/m0/s1. The molecule has 1 aliphatic heterocycles. The van der Waals surface area contributed by atoms with Gasteiger partial charge in [0.25, 0.3) is 0 Å². The monoisotopic (exact) mass is 321 g/mol. The summed E-state index contributed by atoms with van der Waals surface area (Å²) in [5, 5.41) is 29.9. The van der Waals surface area contributed by atoms with Crippen molar-refractivity contribution in [2.45, 2.75) is 24.2 Å². The lowest BCUT2D eigenvalue weighted by molar-refractivity contribution is -0.152. The summed E-state index contributed by atoms with van der Waals surface area (Å²) in [7, 11) is 0. The Morgan fingerprint density at radius 3 is 2.55 bits per heavy atom. The van der Waals surface area contributed by atoms with Gasteiger partial charge in [0.1, 0.15) is 17.5 Å². The fraction of sp³-hybridized carbons (Fsp3) is 0.462. The van der Waals surface area contributed by atoms with Crippen LogP contribution in [0, 0.1) is 17.5 Å². The fourth-order valence-electron chi connectivity index (χ4n) is 2.39. The van der Waals surface area contributed by atoms with E-state index < -0.39 is 54.5 Å². The number of halogens is 3. The number of nitrogens with one attached hydrogen (secondary N) is 1. The van der Waals surface area contributed by atoms with Crippen LogP contribution < -0.4 is 5.32 Å². The maximum absolute atomic E-state index is 13.8. The molecule has 2 rings (SSSR count). The molecule has 1 aliphatic rings. The van der Waals surface area contributed by atoms with Gasteiger partial charge in [-0.1, -0.05) is 0 Å². The zero-order chi connectivity index (χ0) is 16.5. The lowest BCUT2D eigenvalue weighted by Gasteiger charge is -2.40. The number of aliphatic hydroxyl groups excluding tert-OH is 1. The molecule has 0 aromatic heterocycles. The highest BCUT2D eigenvalue weighted by Crippen LogP contribution is 2.35. The van der Waals surface area contributed by atoms with E-state index in [0.29, 0.717) is 12.1 Å². The molecule has 0 saturated carbocycles. The summed E-state index contributed by atoms with van der Waals surface area (Å²) in [5.74, 6) is -3.79. The molecule has 0 spiro atoms. The second-order valence-corrected chi connectivity index (χ2v) is 5.16. The number of rotatable bonds is 3. The highest BCUT2D eigenvalue weighted by Gasteiger charge is 2.42. The van der Waals surface area contributed by atoms with Gasteiger partial charge in [-0.15, -0.1) is 0 Å². The molecular weight excluding hydrogens is 307 g/mol. The second kappa shape index (κ2) is 6.11. The molecule has 1 heterocycles. The van der Waals surface area contributed by atoms with Crippen molar-refractivity contribution in [2.24, 2.45) is 0 Å². The van der Waals surface area contributed by atoms with Gasteiger partial charge in [-0.2, -0.15) is 0 Å². The van der Waals surface area contributed by atoms with E-state index in [1.807, 2.05) is 5.32 Å². The number of benzene rings is 1. The van der Waals surface area contributed by atoms with Crippen LogP contribution in [-0.4, -0.2) is 46.3 Å². The fourth-order valence-corrected chi connectivity index (χ4v) is 2.39. The summed E-state index contributed by atoms with van der Waals surface area (Å²) in [6, 6.07) is -0.240. The average Bonchev–Trinajstić information content (AvgIpc) is 2.43. The van der Waals surface area contributed by atoms with Crippen LogP contribution in [0.5, 0.6) is 0 Å². The Morgan fingerprint density at radius 2 is 1.95 bits per heavy atom. The second-order valence-electron chi connectivity index (χ2n) is 5.16. The van der Waals surface area contributed by atoms with Gasteiger partial charge in [-0.3, -0.25) is 0 Å². The first kappa shape index (κ1) is 16.5. The van der Waals surface area contributed by atoms with Crippen molar-refractivity contribution < 1.29 is 38.0 Å². The summed E-state index contributed by atoms with van der Waals surface area (Å²) in [6.45, 7) is -1.11. The lowest BCUT2D eigenvalue weighted by Crippen LogP contribution is -2.54. The van der Waals surface area contributed by atoms with Crippen LogP contribution in [0.25, 0.3) is 0 Å². The molecule has 9 heteroatoms. The van der Waals surface area contributed by atoms with E-state index in [9.17, 15) is 23.1 Å². The minimum Gasteiger partial charge on any atom is -0.465 e. The van der Waals surface area contributed by atoms with E-state index in [2.05, 4.69) is 0 Å². The molecule has 6 nitrogen and oxygen atoms in total. The molecule has 4 N–H and O–H groups in total. The van der Waals surface area contributed by atoms with E-state index in [0.717, 1.165) is 0 Å². The minimum absolute atomic E-state index is 0.279. The smallest absolute Gasteiger partial charge is 0.404 e. The predicted octanol–water partition coefficient (Wildman–Crippen LogP) is 0.925. The van der Waals surface area contributed by atoms with Crippen molar-refractivity contribution in [3.05, 3.63) is 35.1 Å². The normalized spacial score (nSPS) is 28.4. The van der Waals surface area contributed by atoms with Gasteiger partial charge >= 0.3 is 6.09 Å². The third kappa shape index (κ3) is 3.32. The Hall–Kier alpha value is -1.84. The Labute approximate surface area is 123 Å². The molecular formula is C13H14F3NO5. The highest BCUT2D eigenvalue weighted by atomic mass is 19.2. The van der Waals surface area contributed by atoms with Crippen LogP contribution in [0.3, 0.4) is 0 Å². The molecule has 0 aliphatic carbocycles. The molecule has 0 bridgehead atoms. The van der Waals surface area contributed by atoms with Crippen LogP contribution in [0.15, 0.2) is 12.1 Å². The summed E-state index contributed by atoms with van der Waals surface area (Å²) in [6.07, 6.45) is -3.01. The largest absolute Gasteiger partial charge is 0.465 e. The average molecular weight is 321 g/mol. The van der Waals surface area contributed by atoms with Gasteiger partial charge in [-0.25, -0.2) is 18.0 Å². The molecule has 0 radical (unpaired) electrons. The minimum atomic E-state index is -1.71. The highest BCUT2D eigenvalue weighted by molar-refractivity contribution is 5.65. The van der Waals surface area contributed by atoms with Crippen LogP contribution in [0.1, 0.15) is 18.1 Å². The number of carbonyl (C=O) groups is 1. The first-order valence-electron chi connectivity index (χ1n) is 6.34. The van der Waals surface area contributed by atoms with Crippen molar-refractivity contribution in [3.8, 4) is 0 Å². The van der Waals surface area contributed by atoms with Gasteiger partial charge in [0, 0.05) is 18.1 Å². The maximum atomic E-state index is 13.8. The quantitative estimate of drug-likeness (QED) is 0.621. The first-order valence-corrected chi connectivity index (χ1v) is 6.34. The summed E-state index contributed by atoms with van der Waals surface area (Å²) in [5.41, 5.74) is -2.09. The number of amides is 1. The number of hydrogen-bond donors (Lipinski definition) is 4. The Morgan fingerprint density at radius 1 is 1.32 bits per heavy atom. The predicted molar refractivity (Wildman–Crippen MR) is 66.6 cm³/mol. The molecule has 1 fully saturated rings. The Bertz CT molecular complexity index is 585. The molecule has 1 amide bonds. The maximum Gasteiger partial charge on any atom is 0.404 e. The summed E-state index contributed by atoms with van der Waals surface area (Å²) >= 11 is 0. The molecule has 3 atom stereocenters. The van der Waals surface area contributed by atoms with E-state index in [1.54, 1.807) is 0 Å². The molecule has 122 valence electrons. The summed E-state index contributed by atoms with van der Waals surface area (Å²) < 4.78 is 45.3. The topological polar surface area (TPSA) is 99.0 Å². The van der Waals surface area contributed by atoms with Crippen LogP contribution in [0.2, 0.25) is 0 Å². The number of ether oxygens (including phenoxy) is 1. The zero-order valence-corrected chi connectivity index (χ0v) is 11.2. The van der Waals surface area contributed by atoms with Crippen LogP contribution >= 0.6 is 0 Å². The third-order valence-corrected chi connectivity index (χ3v) is 3.45. The van der Waals surface area contributed by atoms with Gasteiger partial charge in [0.15, 0.2) is 11.6 Å². The zero-order valence-electron chi connectivity index (χ0n) is 11.2. The van der Waals surface area contributed by atoms with E-state index in [1.165, 1.54) is 0 Å². The third-order valence-electron chi connectivity index (χ3n) is 3.45. The number of aliphatic hydroxyl groups is 2. The Kier molecular flexibility index (Phi) is 4.59. The number of hydrogen-bond acceptors (Lipinski definition) is 4. The van der Waals surface area contributed by atoms with Gasteiger partial charge in [0.05, 0.1) is 19.3 Å². The van der Waals surface area contributed by atoms with E-state index in [4.69, 9.17) is 14.9 Å². The van der Waals surface area contributed by atoms with Crippen molar-refractivity contribution in [1.29, 1.82) is 0 Å². The molecule has 1 aromatic carbocycles. The SMILES string of the molecule is O=C(O)N[C@H]1CC(O)(CO)CO[C@H]1c1cc(F)c(F)cc1F. The van der Waals surface area contributed by atoms with Crippen LogP contribution in [-0.2, 0) is 4.74 Å². The molecule has 1 saturated heterocycles. The lowest BCUT2D eigenvalue weighted by atomic mass is 9.87. The van der Waals surface area contributed by atoms with E-state index >= 15 is 0 Å². The Balaban J connectivity index is 2.35. The molecule has 1 unspecified atom stereocenters. The van der Waals surface area contributed by atoms with Crippen molar-refractivity contribution in [3.63, 3.8) is 0 Å². The van der Waals surface area contributed by atoms with E-state index in [-0.39, 0.29) is 12.0 Å². The number of carboxylic acid groups (broad SMARTS) is 1. The summed E-state index contributed by atoms with van der Waals surface area (Å²) in [4.78, 5) is 10.8. The molecule has 1 aromatic rings. The molecule has 22 heavy (non-hydrogen) atoms. The van der Waals surface area contributed by atoms with Crippen molar-refractivity contribution >= 4 is 6.09 Å². The van der Waals surface area contributed by atoms with Crippen molar-refractivity contribution in [2.75, 3.05) is 13.2 Å². The van der Waals surface area contributed by atoms with Crippen molar-refractivity contribution in [1.82, 2.24) is 5.32 Å². The van der Waals surface area contributed by atoms with Gasteiger partial charge < -0.3 is 25.4 Å². The van der Waals surface area contributed by atoms with Crippen LogP contribution in [0.4, 0.5) is 18.0 Å². The van der Waals surface area contributed by atoms with Gasteiger partial charge in [0.2, 0.25) is 0 Å². The first-order chi connectivity index (χ1) is 10.3. The van der Waals surface area contributed by atoms with Gasteiger partial charge in [-0.05, 0) is 6.07 Å².